The maximum atomic E-state index is 13.0. The average Bonchev–Trinajstić information content (AvgIpc) is 3.10. The van der Waals surface area contributed by atoms with Crippen LogP contribution in [0.3, 0.4) is 0 Å². The van der Waals surface area contributed by atoms with Crippen molar-refractivity contribution < 1.29 is 9.32 Å². The lowest BCUT2D eigenvalue weighted by molar-refractivity contribution is 0.102. The summed E-state index contributed by atoms with van der Waals surface area (Å²) in [5.41, 5.74) is 4.09. The SMILES string of the molecule is Cc1cc2c(cn1)cc(-c1cc(C(=O)Nc3cc(C)on3)ccc1C)c(=O)n2C. The lowest BCUT2D eigenvalue weighted by Crippen LogP contribution is -2.20. The van der Waals surface area contributed by atoms with E-state index in [4.69, 9.17) is 4.52 Å². The number of anilines is 1. The second kappa shape index (κ2) is 7.01. The van der Waals surface area contributed by atoms with Crippen molar-refractivity contribution in [3.05, 3.63) is 75.5 Å². The van der Waals surface area contributed by atoms with E-state index in [1.54, 1.807) is 42.9 Å². The number of aryl methyl sites for hydroxylation is 4. The predicted octanol–water partition coefficient (Wildman–Crippen LogP) is 3.77. The third-order valence-corrected chi connectivity index (χ3v) is 4.90. The topological polar surface area (TPSA) is 90.0 Å². The number of amides is 1. The molecule has 7 heteroatoms. The van der Waals surface area contributed by atoms with Crippen molar-refractivity contribution in [2.45, 2.75) is 20.8 Å². The molecular formula is C22H20N4O3. The van der Waals surface area contributed by atoms with E-state index >= 15 is 0 Å². The van der Waals surface area contributed by atoms with Crippen molar-refractivity contribution in [1.29, 1.82) is 0 Å². The molecule has 1 aromatic carbocycles. The van der Waals surface area contributed by atoms with Gasteiger partial charge < -0.3 is 14.4 Å². The van der Waals surface area contributed by atoms with Crippen molar-refractivity contribution >= 4 is 22.6 Å². The number of rotatable bonds is 3. The average molecular weight is 388 g/mol. The summed E-state index contributed by atoms with van der Waals surface area (Å²) < 4.78 is 6.59. The van der Waals surface area contributed by atoms with Crippen LogP contribution in [0, 0.1) is 20.8 Å². The van der Waals surface area contributed by atoms with E-state index in [1.165, 1.54) is 0 Å². The number of hydrogen-bond acceptors (Lipinski definition) is 5. The van der Waals surface area contributed by atoms with E-state index in [9.17, 15) is 9.59 Å². The first-order chi connectivity index (χ1) is 13.8. The first-order valence-electron chi connectivity index (χ1n) is 9.15. The molecule has 3 heterocycles. The Balaban J connectivity index is 1.80. The largest absolute Gasteiger partial charge is 0.360 e. The maximum Gasteiger partial charge on any atom is 0.258 e. The first kappa shape index (κ1) is 18.6. The van der Waals surface area contributed by atoms with Gasteiger partial charge in [-0.25, -0.2) is 0 Å². The second-order valence-corrected chi connectivity index (χ2v) is 7.11. The number of hydrogen-bond donors (Lipinski definition) is 1. The van der Waals surface area contributed by atoms with Crippen LogP contribution in [0.15, 0.2) is 51.9 Å². The lowest BCUT2D eigenvalue weighted by Gasteiger charge is -2.12. The van der Waals surface area contributed by atoms with Gasteiger partial charge in [-0.15, -0.1) is 0 Å². The van der Waals surface area contributed by atoms with Gasteiger partial charge in [-0.05, 0) is 56.2 Å². The fraction of sp³-hybridized carbons (Fsp3) is 0.182. The molecule has 0 bridgehead atoms. The van der Waals surface area contributed by atoms with Gasteiger partial charge in [-0.3, -0.25) is 14.6 Å². The maximum absolute atomic E-state index is 13.0. The molecule has 3 aromatic heterocycles. The van der Waals surface area contributed by atoms with Gasteiger partial charge in [-0.1, -0.05) is 11.2 Å². The summed E-state index contributed by atoms with van der Waals surface area (Å²) in [4.78, 5) is 30.0. The zero-order chi connectivity index (χ0) is 20.7. The third kappa shape index (κ3) is 3.42. The molecule has 4 aromatic rings. The summed E-state index contributed by atoms with van der Waals surface area (Å²) in [6.07, 6.45) is 1.76. The van der Waals surface area contributed by atoms with Crippen molar-refractivity contribution in [2.24, 2.45) is 7.05 Å². The van der Waals surface area contributed by atoms with E-state index in [1.807, 2.05) is 32.0 Å². The predicted molar refractivity (Wildman–Crippen MR) is 111 cm³/mol. The molecule has 0 spiro atoms. The summed E-state index contributed by atoms with van der Waals surface area (Å²) in [7, 11) is 1.74. The molecule has 4 rings (SSSR count). The Morgan fingerprint density at radius 1 is 1.07 bits per heavy atom. The number of nitrogens with zero attached hydrogens (tertiary/aromatic N) is 3. The van der Waals surface area contributed by atoms with Gasteiger partial charge >= 0.3 is 0 Å². The molecule has 0 atom stereocenters. The van der Waals surface area contributed by atoms with E-state index in [-0.39, 0.29) is 11.5 Å². The van der Waals surface area contributed by atoms with E-state index < -0.39 is 0 Å². The zero-order valence-corrected chi connectivity index (χ0v) is 16.6. The lowest BCUT2D eigenvalue weighted by atomic mass is 9.97. The molecule has 146 valence electrons. The number of carbonyl (C=O) groups excluding carboxylic acids is 1. The molecule has 0 unspecified atom stereocenters. The Morgan fingerprint density at radius 3 is 2.59 bits per heavy atom. The molecule has 1 N–H and O–H groups in total. The van der Waals surface area contributed by atoms with Crippen LogP contribution >= 0.6 is 0 Å². The zero-order valence-electron chi connectivity index (χ0n) is 16.6. The minimum atomic E-state index is -0.325. The fourth-order valence-electron chi connectivity index (χ4n) is 3.33. The van der Waals surface area contributed by atoms with Crippen molar-refractivity contribution in [3.63, 3.8) is 0 Å². The number of pyridine rings is 2. The highest BCUT2D eigenvalue weighted by molar-refractivity contribution is 6.04. The van der Waals surface area contributed by atoms with E-state index in [0.29, 0.717) is 28.3 Å². The summed E-state index contributed by atoms with van der Waals surface area (Å²) in [5.74, 6) is 0.626. The molecule has 0 saturated carbocycles. The van der Waals surface area contributed by atoms with E-state index in [2.05, 4.69) is 15.5 Å². The molecule has 1 amide bonds. The van der Waals surface area contributed by atoms with Crippen molar-refractivity contribution in [2.75, 3.05) is 5.32 Å². The Morgan fingerprint density at radius 2 is 1.86 bits per heavy atom. The van der Waals surface area contributed by atoms with Gasteiger partial charge in [0, 0.05) is 41.5 Å². The quantitative estimate of drug-likeness (QED) is 0.577. The Kier molecular flexibility index (Phi) is 4.50. The van der Waals surface area contributed by atoms with Gasteiger partial charge in [-0.2, -0.15) is 0 Å². The van der Waals surface area contributed by atoms with Crippen LogP contribution in [0.4, 0.5) is 5.82 Å². The normalized spacial score (nSPS) is 11.0. The molecule has 7 nitrogen and oxygen atoms in total. The van der Waals surface area contributed by atoms with Gasteiger partial charge in [0.2, 0.25) is 0 Å². The van der Waals surface area contributed by atoms with Crippen LogP contribution < -0.4 is 10.9 Å². The number of benzene rings is 1. The first-order valence-corrected chi connectivity index (χ1v) is 9.15. The molecule has 29 heavy (non-hydrogen) atoms. The summed E-state index contributed by atoms with van der Waals surface area (Å²) in [6.45, 7) is 5.55. The highest BCUT2D eigenvalue weighted by Crippen LogP contribution is 2.25. The number of fused-ring (bicyclic) bond motifs is 1. The Labute approximate surface area is 167 Å². The van der Waals surface area contributed by atoms with Crippen molar-refractivity contribution in [3.8, 4) is 11.1 Å². The van der Waals surface area contributed by atoms with Crippen molar-refractivity contribution in [1.82, 2.24) is 14.7 Å². The van der Waals surface area contributed by atoms with Gasteiger partial charge in [0.15, 0.2) is 5.82 Å². The van der Waals surface area contributed by atoms with Crippen LogP contribution in [0.2, 0.25) is 0 Å². The summed E-state index contributed by atoms with van der Waals surface area (Å²) in [5, 5.41) is 7.34. The number of nitrogens with one attached hydrogen (secondary N) is 1. The highest BCUT2D eigenvalue weighted by atomic mass is 16.5. The Hall–Kier alpha value is -3.74. The fourth-order valence-corrected chi connectivity index (χ4v) is 3.33. The highest BCUT2D eigenvalue weighted by Gasteiger charge is 2.15. The summed E-state index contributed by atoms with van der Waals surface area (Å²) >= 11 is 0. The third-order valence-electron chi connectivity index (χ3n) is 4.90. The van der Waals surface area contributed by atoms with Crippen LogP contribution in [-0.4, -0.2) is 20.6 Å². The number of carbonyl (C=O) groups is 1. The minimum Gasteiger partial charge on any atom is -0.360 e. The van der Waals surface area contributed by atoms with Crippen LogP contribution in [0.25, 0.3) is 22.0 Å². The van der Waals surface area contributed by atoms with Crippen LogP contribution in [0.1, 0.15) is 27.4 Å². The molecule has 0 aliphatic heterocycles. The summed E-state index contributed by atoms with van der Waals surface area (Å²) in [6, 6.07) is 10.6. The van der Waals surface area contributed by atoms with Crippen LogP contribution in [-0.2, 0) is 7.05 Å². The second-order valence-electron chi connectivity index (χ2n) is 7.11. The molecule has 0 aliphatic carbocycles. The molecule has 0 fully saturated rings. The van der Waals surface area contributed by atoms with Gasteiger partial charge in [0.05, 0.1) is 5.52 Å². The molecule has 0 saturated heterocycles. The molecule has 0 aliphatic rings. The van der Waals surface area contributed by atoms with Gasteiger partial charge in [0.1, 0.15) is 5.76 Å². The monoisotopic (exact) mass is 388 g/mol. The Bertz CT molecular complexity index is 1320. The minimum absolute atomic E-state index is 0.129. The standard InChI is InChI=1S/C22H20N4O3/c1-12-5-6-15(21(27)24-20-8-14(3)29-25-20)9-17(12)18-10-16-11-23-13(2)7-19(16)26(4)22(18)28/h5-11H,1-4H3,(H,24,25,27). The molecular weight excluding hydrogens is 368 g/mol. The van der Waals surface area contributed by atoms with Gasteiger partial charge in [0.25, 0.3) is 11.5 Å². The van der Waals surface area contributed by atoms with Crippen LogP contribution in [0.5, 0.6) is 0 Å². The molecule has 0 radical (unpaired) electrons. The smallest absolute Gasteiger partial charge is 0.258 e. The van der Waals surface area contributed by atoms with E-state index in [0.717, 1.165) is 22.2 Å². The number of aromatic nitrogens is 3.